The lowest BCUT2D eigenvalue weighted by atomic mass is 9.86. The topological polar surface area (TPSA) is 0 Å². The number of halogens is 2. The van der Waals surface area contributed by atoms with E-state index in [-0.39, 0.29) is 53.4 Å². The van der Waals surface area contributed by atoms with Crippen LogP contribution in [0.3, 0.4) is 0 Å². The van der Waals surface area contributed by atoms with E-state index in [1.807, 2.05) is 11.8 Å². The highest BCUT2D eigenvalue weighted by Crippen LogP contribution is 2.27. The number of hydrogen-bond donors (Lipinski definition) is 0. The zero-order valence-electron chi connectivity index (χ0n) is 9.96. The summed E-state index contributed by atoms with van der Waals surface area (Å²) in [5.41, 5.74) is 3.07. The molecule has 0 aromatic heterocycles. The summed E-state index contributed by atoms with van der Waals surface area (Å²) in [5.74, 6) is 0. The van der Waals surface area contributed by atoms with Crippen molar-refractivity contribution in [3.8, 4) is 0 Å². The quantitative estimate of drug-likeness (QED) is 0.416. The van der Waals surface area contributed by atoms with Crippen LogP contribution in [0.1, 0.15) is 31.9 Å². The number of hydrogen-bond acceptors (Lipinski definition) is 1. The van der Waals surface area contributed by atoms with E-state index < -0.39 is 0 Å². The molecular formula is C12H20I2S. The molecule has 88 valence electrons. The van der Waals surface area contributed by atoms with Crippen molar-refractivity contribution in [2.24, 2.45) is 0 Å². The Balaban J connectivity index is 0. The molecule has 15 heavy (non-hydrogen) atoms. The van der Waals surface area contributed by atoms with E-state index in [0.717, 1.165) is 0 Å². The molecule has 0 aliphatic rings. The van der Waals surface area contributed by atoms with Crippen molar-refractivity contribution in [3.63, 3.8) is 0 Å². The summed E-state index contributed by atoms with van der Waals surface area (Å²) in [6.07, 6.45) is 2.12. The van der Waals surface area contributed by atoms with Crippen LogP contribution < -0.4 is 0 Å². The predicted molar refractivity (Wildman–Crippen MR) is 92.5 cm³/mol. The summed E-state index contributed by atoms with van der Waals surface area (Å²) in [5, 5.41) is 0. The first-order chi connectivity index (χ1) is 5.95. The summed E-state index contributed by atoms with van der Waals surface area (Å²) in [6.45, 7) is 8.93. The molecule has 0 amide bonds. The van der Waals surface area contributed by atoms with E-state index in [9.17, 15) is 0 Å². The van der Waals surface area contributed by atoms with Gasteiger partial charge in [0.15, 0.2) is 0 Å². The lowest BCUT2D eigenvalue weighted by molar-refractivity contribution is 0.589. The summed E-state index contributed by atoms with van der Waals surface area (Å²) in [4.78, 5) is 1.38. The Morgan fingerprint density at radius 3 is 1.93 bits per heavy atom. The molecule has 0 aliphatic carbocycles. The van der Waals surface area contributed by atoms with Gasteiger partial charge in [-0.3, -0.25) is 0 Å². The third-order valence-electron chi connectivity index (χ3n) is 2.26. The third kappa shape index (κ3) is 5.26. The predicted octanol–water partition coefficient (Wildman–Crippen LogP) is 5.25. The Labute approximate surface area is 132 Å². The van der Waals surface area contributed by atoms with E-state index in [1.165, 1.54) is 16.0 Å². The van der Waals surface area contributed by atoms with E-state index in [2.05, 4.69) is 52.1 Å². The van der Waals surface area contributed by atoms with Crippen molar-refractivity contribution in [2.45, 2.75) is 38.0 Å². The number of benzene rings is 1. The van der Waals surface area contributed by atoms with Gasteiger partial charge in [0.1, 0.15) is 0 Å². The second-order valence-electron chi connectivity index (χ2n) is 4.43. The van der Waals surface area contributed by atoms with Gasteiger partial charge in [-0.1, -0.05) is 32.9 Å². The average Bonchev–Trinajstić information content (AvgIpc) is 2.02. The van der Waals surface area contributed by atoms with Crippen molar-refractivity contribution < 1.29 is 0 Å². The molecule has 0 aliphatic heterocycles. The van der Waals surface area contributed by atoms with E-state index in [1.54, 1.807) is 0 Å². The highest BCUT2D eigenvalue weighted by Gasteiger charge is 2.13. The molecular weight excluding hydrogens is 430 g/mol. The first-order valence-corrected chi connectivity index (χ1v) is 5.83. The van der Waals surface area contributed by atoms with Gasteiger partial charge in [-0.05, 0) is 35.8 Å². The minimum atomic E-state index is 0. The Bertz CT molecular complexity index is 303. The molecule has 1 aromatic rings. The van der Waals surface area contributed by atoms with Crippen LogP contribution in [0, 0.1) is 6.92 Å². The SMILES string of the molecule is CSc1ccc(C(C)(C)C)cc1C.I.I. The maximum atomic E-state index is 2.30. The van der Waals surface area contributed by atoms with Gasteiger partial charge < -0.3 is 0 Å². The number of rotatable bonds is 1. The molecule has 0 saturated carbocycles. The summed E-state index contributed by atoms with van der Waals surface area (Å²) in [7, 11) is 0. The molecule has 0 nitrogen and oxygen atoms in total. The fraction of sp³-hybridized carbons (Fsp3) is 0.500. The Morgan fingerprint density at radius 1 is 1.07 bits per heavy atom. The van der Waals surface area contributed by atoms with Crippen molar-refractivity contribution in [3.05, 3.63) is 29.3 Å². The highest BCUT2D eigenvalue weighted by atomic mass is 127. The molecule has 0 radical (unpaired) electrons. The first kappa shape index (κ1) is 18.4. The van der Waals surface area contributed by atoms with Crippen LogP contribution in [-0.4, -0.2) is 6.26 Å². The van der Waals surface area contributed by atoms with E-state index >= 15 is 0 Å². The van der Waals surface area contributed by atoms with E-state index in [4.69, 9.17) is 0 Å². The monoisotopic (exact) mass is 450 g/mol. The Kier molecular flexibility index (Phi) is 9.04. The van der Waals surface area contributed by atoms with Gasteiger partial charge in [0, 0.05) is 4.90 Å². The molecule has 0 spiro atoms. The van der Waals surface area contributed by atoms with Gasteiger partial charge in [-0.15, -0.1) is 59.7 Å². The smallest absolute Gasteiger partial charge is 0.00985 e. The Hall–Kier alpha value is 1.03. The first-order valence-electron chi connectivity index (χ1n) is 4.60. The van der Waals surface area contributed by atoms with Crippen LogP contribution in [0.4, 0.5) is 0 Å². The van der Waals surface area contributed by atoms with E-state index in [0.29, 0.717) is 0 Å². The molecule has 1 rings (SSSR count). The van der Waals surface area contributed by atoms with Crippen molar-refractivity contribution >= 4 is 59.7 Å². The Morgan fingerprint density at radius 2 is 1.60 bits per heavy atom. The molecule has 0 fully saturated rings. The zero-order valence-corrected chi connectivity index (χ0v) is 15.4. The zero-order chi connectivity index (χ0) is 10.1. The minimum absolute atomic E-state index is 0. The van der Waals surface area contributed by atoms with Crippen LogP contribution in [0.5, 0.6) is 0 Å². The number of thioether (sulfide) groups is 1. The molecule has 1 aromatic carbocycles. The molecule has 0 N–H and O–H groups in total. The maximum Gasteiger partial charge on any atom is 0.00985 e. The molecule has 0 unspecified atom stereocenters. The summed E-state index contributed by atoms with van der Waals surface area (Å²) < 4.78 is 0. The van der Waals surface area contributed by atoms with Crippen LogP contribution in [0.25, 0.3) is 0 Å². The second kappa shape index (κ2) is 7.37. The van der Waals surface area contributed by atoms with Crippen LogP contribution in [0.15, 0.2) is 23.1 Å². The van der Waals surface area contributed by atoms with Gasteiger partial charge in [-0.2, -0.15) is 0 Å². The molecule has 0 heterocycles. The van der Waals surface area contributed by atoms with Crippen molar-refractivity contribution in [2.75, 3.05) is 6.26 Å². The fourth-order valence-electron chi connectivity index (χ4n) is 1.34. The molecule has 3 heteroatoms. The highest BCUT2D eigenvalue weighted by molar-refractivity contribution is 14.0. The van der Waals surface area contributed by atoms with Gasteiger partial charge in [-0.25, -0.2) is 0 Å². The van der Waals surface area contributed by atoms with Gasteiger partial charge in [0.05, 0.1) is 0 Å². The molecule has 0 bridgehead atoms. The van der Waals surface area contributed by atoms with Crippen LogP contribution >= 0.6 is 59.7 Å². The normalized spacial score (nSPS) is 10.2. The second-order valence-corrected chi connectivity index (χ2v) is 5.28. The summed E-state index contributed by atoms with van der Waals surface area (Å²) >= 11 is 1.81. The van der Waals surface area contributed by atoms with Gasteiger partial charge in [0.25, 0.3) is 0 Å². The van der Waals surface area contributed by atoms with Crippen LogP contribution in [-0.2, 0) is 5.41 Å². The third-order valence-corrected chi connectivity index (χ3v) is 3.16. The maximum absolute atomic E-state index is 2.30. The van der Waals surface area contributed by atoms with Gasteiger partial charge in [0.2, 0.25) is 0 Å². The fourth-order valence-corrected chi connectivity index (χ4v) is 1.93. The van der Waals surface area contributed by atoms with Crippen molar-refractivity contribution in [1.29, 1.82) is 0 Å². The summed E-state index contributed by atoms with van der Waals surface area (Å²) in [6, 6.07) is 6.76. The van der Waals surface area contributed by atoms with Gasteiger partial charge >= 0.3 is 0 Å². The lowest BCUT2D eigenvalue weighted by Gasteiger charge is -2.20. The number of aryl methyl sites for hydroxylation is 1. The molecule has 0 atom stereocenters. The van der Waals surface area contributed by atoms with Crippen molar-refractivity contribution in [1.82, 2.24) is 0 Å². The average molecular weight is 450 g/mol. The largest absolute Gasteiger partial charge is 0.129 e. The lowest BCUT2D eigenvalue weighted by Crippen LogP contribution is -2.11. The standard InChI is InChI=1S/C12H18S.2HI/c1-9-8-10(12(2,3)4)6-7-11(9)13-5;;/h6-8H,1-5H3;2*1H. The van der Waals surface area contributed by atoms with Crippen LogP contribution in [0.2, 0.25) is 0 Å². The molecule has 0 saturated heterocycles. The minimum Gasteiger partial charge on any atom is -0.129 e.